The van der Waals surface area contributed by atoms with Crippen LogP contribution in [0, 0.1) is 0 Å². The first-order valence-electron chi connectivity index (χ1n) is 9.37. The number of hydrogen-bond donors (Lipinski definition) is 0. The second kappa shape index (κ2) is 8.48. The third-order valence-corrected chi connectivity index (χ3v) is 5.95. The van der Waals surface area contributed by atoms with E-state index in [9.17, 15) is 4.79 Å². The zero-order chi connectivity index (χ0) is 19.5. The Morgan fingerprint density at radius 1 is 0.929 bits per heavy atom. The van der Waals surface area contributed by atoms with Crippen LogP contribution in [0.1, 0.15) is 11.1 Å². The predicted molar refractivity (Wildman–Crippen MR) is 114 cm³/mol. The number of hydrogen-bond acceptors (Lipinski definition) is 3. The average molecular weight is 414 g/mol. The summed E-state index contributed by atoms with van der Waals surface area (Å²) in [6.45, 7) is 3.78. The Labute approximate surface area is 174 Å². The lowest BCUT2D eigenvalue weighted by atomic mass is 10.1. The molecule has 28 heavy (non-hydrogen) atoms. The van der Waals surface area contributed by atoms with Crippen molar-refractivity contribution in [1.29, 1.82) is 0 Å². The van der Waals surface area contributed by atoms with Crippen LogP contribution in [0.3, 0.4) is 0 Å². The molecule has 0 spiro atoms. The van der Waals surface area contributed by atoms with Crippen molar-refractivity contribution in [2.45, 2.75) is 13.0 Å². The Balaban J connectivity index is 1.39. The first kappa shape index (κ1) is 19.2. The molecular weight excluding hydrogens is 393 g/mol. The maximum absolute atomic E-state index is 12.6. The van der Waals surface area contributed by atoms with E-state index in [1.54, 1.807) is 6.20 Å². The molecule has 4 nitrogen and oxygen atoms in total. The number of pyridine rings is 1. The van der Waals surface area contributed by atoms with Gasteiger partial charge in [-0.3, -0.25) is 14.7 Å². The molecule has 2 heterocycles. The molecule has 0 atom stereocenters. The van der Waals surface area contributed by atoms with Crippen molar-refractivity contribution in [1.82, 2.24) is 14.8 Å². The minimum absolute atomic E-state index is 0.123. The quantitative estimate of drug-likeness (QED) is 0.634. The lowest BCUT2D eigenvalue weighted by Gasteiger charge is -2.35. The highest BCUT2D eigenvalue weighted by Gasteiger charge is 2.23. The SMILES string of the molecule is O=C(Cc1ccccc1Cl)N1CCN(Cc2c(Cl)ccc3cccnc23)CC1. The number of rotatable bonds is 4. The van der Waals surface area contributed by atoms with Gasteiger partial charge in [0.25, 0.3) is 0 Å². The highest BCUT2D eigenvalue weighted by molar-refractivity contribution is 6.32. The van der Waals surface area contributed by atoms with Crippen molar-refractivity contribution < 1.29 is 4.79 Å². The molecule has 0 bridgehead atoms. The lowest BCUT2D eigenvalue weighted by molar-refractivity contribution is -0.132. The summed E-state index contributed by atoms with van der Waals surface area (Å²) >= 11 is 12.6. The van der Waals surface area contributed by atoms with Crippen LogP contribution >= 0.6 is 23.2 Å². The number of carbonyl (C=O) groups is 1. The van der Waals surface area contributed by atoms with Crippen molar-refractivity contribution in [3.63, 3.8) is 0 Å². The standard InChI is InChI=1S/C22H21Cl2N3O/c23-19-6-2-1-4-17(19)14-21(28)27-12-10-26(11-13-27)15-18-20(24)8-7-16-5-3-9-25-22(16)18/h1-9H,10-15H2. The zero-order valence-corrected chi connectivity index (χ0v) is 17.0. The van der Waals surface area contributed by atoms with E-state index in [0.717, 1.165) is 46.7 Å². The van der Waals surface area contributed by atoms with Crippen LogP contribution in [-0.2, 0) is 17.8 Å². The number of benzene rings is 2. The third-order valence-electron chi connectivity index (χ3n) is 5.23. The topological polar surface area (TPSA) is 36.4 Å². The Morgan fingerprint density at radius 2 is 1.71 bits per heavy atom. The van der Waals surface area contributed by atoms with Crippen LogP contribution in [0.4, 0.5) is 0 Å². The van der Waals surface area contributed by atoms with Gasteiger partial charge in [-0.1, -0.05) is 53.5 Å². The molecule has 2 aromatic carbocycles. The summed E-state index contributed by atoms with van der Waals surface area (Å²) in [4.78, 5) is 21.4. The Kier molecular flexibility index (Phi) is 5.81. The van der Waals surface area contributed by atoms with Crippen molar-refractivity contribution in [2.75, 3.05) is 26.2 Å². The second-order valence-electron chi connectivity index (χ2n) is 7.03. The van der Waals surface area contributed by atoms with Gasteiger partial charge in [-0.15, -0.1) is 0 Å². The van der Waals surface area contributed by atoms with Crippen molar-refractivity contribution in [3.8, 4) is 0 Å². The van der Waals surface area contributed by atoms with Gasteiger partial charge in [-0.05, 0) is 23.8 Å². The number of aromatic nitrogens is 1. The molecule has 1 aliphatic heterocycles. The molecule has 0 unspecified atom stereocenters. The molecule has 1 amide bonds. The molecule has 0 N–H and O–H groups in total. The summed E-state index contributed by atoms with van der Waals surface area (Å²) in [7, 11) is 0. The van der Waals surface area contributed by atoms with Crippen molar-refractivity contribution in [3.05, 3.63) is 75.9 Å². The van der Waals surface area contributed by atoms with Crippen LogP contribution < -0.4 is 0 Å². The van der Waals surface area contributed by atoms with Gasteiger partial charge >= 0.3 is 0 Å². The molecule has 4 rings (SSSR count). The van der Waals surface area contributed by atoms with Crippen LogP contribution in [0.5, 0.6) is 0 Å². The molecule has 144 valence electrons. The number of carbonyl (C=O) groups excluding carboxylic acids is 1. The van der Waals surface area contributed by atoms with Gasteiger partial charge in [0.2, 0.25) is 5.91 Å². The Hall–Kier alpha value is -2.14. The second-order valence-corrected chi connectivity index (χ2v) is 7.84. The highest BCUT2D eigenvalue weighted by atomic mass is 35.5. The molecular formula is C22H21Cl2N3O. The first-order chi connectivity index (χ1) is 13.6. The highest BCUT2D eigenvalue weighted by Crippen LogP contribution is 2.26. The van der Waals surface area contributed by atoms with E-state index in [0.29, 0.717) is 24.5 Å². The van der Waals surface area contributed by atoms with Crippen LogP contribution in [0.2, 0.25) is 10.0 Å². The van der Waals surface area contributed by atoms with Gasteiger partial charge in [0.15, 0.2) is 0 Å². The van der Waals surface area contributed by atoms with E-state index >= 15 is 0 Å². The third kappa shape index (κ3) is 4.14. The molecule has 1 saturated heterocycles. The molecule has 0 aliphatic carbocycles. The minimum atomic E-state index is 0.123. The number of fused-ring (bicyclic) bond motifs is 1. The number of halogens is 2. The summed E-state index contributed by atoms with van der Waals surface area (Å²) < 4.78 is 0. The van der Waals surface area contributed by atoms with E-state index in [4.69, 9.17) is 23.2 Å². The summed E-state index contributed by atoms with van der Waals surface area (Å²) in [6.07, 6.45) is 2.15. The van der Waals surface area contributed by atoms with Crippen LogP contribution in [-0.4, -0.2) is 46.9 Å². The van der Waals surface area contributed by atoms with Gasteiger partial charge < -0.3 is 4.90 Å². The van der Waals surface area contributed by atoms with E-state index < -0.39 is 0 Å². The fourth-order valence-electron chi connectivity index (χ4n) is 3.63. The number of amides is 1. The van der Waals surface area contributed by atoms with E-state index in [-0.39, 0.29) is 5.91 Å². The molecule has 1 fully saturated rings. The number of piperazine rings is 1. The first-order valence-corrected chi connectivity index (χ1v) is 10.1. The van der Waals surface area contributed by atoms with Crippen molar-refractivity contribution >= 4 is 40.0 Å². The molecule has 6 heteroatoms. The average Bonchev–Trinajstić information content (AvgIpc) is 2.72. The van der Waals surface area contributed by atoms with Crippen LogP contribution in [0.25, 0.3) is 10.9 Å². The molecule has 1 aromatic heterocycles. The molecule has 0 saturated carbocycles. The molecule has 3 aromatic rings. The van der Waals surface area contributed by atoms with E-state index in [2.05, 4.69) is 9.88 Å². The van der Waals surface area contributed by atoms with Gasteiger partial charge in [0, 0.05) is 59.9 Å². The van der Waals surface area contributed by atoms with Gasteiger partial charge in [-0.2, -0.15) is 0 Å². The normalized spacial score (nSPS) is 15.1. The van der Waals surface area contributed by atoms with E-state index in [1.165, 1.54) is 0 Å². The summed E-state index contributed by atoms with van der Waals surface area (Å²) in [5.41, 5.74) is 2.88. The molecule has 1 aliphatic rings. The maximum atomic E-state index is 12.6. The smallest absolute Gasteiger partial charge is 0.227 e. The van der Waals surface area contributed by atoms with Gasteiger partial charge in [0.05, 0.1) is 11.9 Å². The van der Waals surface area contributed by atoms with Gasteiger partial charge in [-0.25, -0.2) is 0 Å². The monoisotopic (exact) mass is 413 g/mol. The van der Waals surface area contributed by atoms with E-state index in [1.807, 2.05) is 53.4 Å². The maximum Gasteiger partial charge on any atom is 0.227 e. The summed E-state index contributed by atoms with van der Waals surface area (Å²) in [5, 5.41) is 2.48. The predicted octanol–water partition coefficient (Wildman–Crippen LogP) is 4.43. The fourth-order valence-corrected chi connectivity index (χ4v) is 4.04. The fraction of sp³-hybridized carbons (Fsp3) is 0.273. The molecule has 0 radical (unpaired) electrons. The van der Waals surface area contributed by atoms with Gasteiger partial charge in [0.1, 0.15) is 0 Å². The largest absolute Gasteiger partial charge is 0.340 e. The Bertz CT molecular complexity index is 1000. The minimum Gasteiger partial charge on any atom is -0.340 e. The Morgan fingerprint density at radius 3 is 2.50 bits per heavy atom. The summed E-state index contributed by atoms with van der Waals surface area (Å²) in [5.74, 6) is 0.123. The summed E-state index contributed by atoms with van der Waals surface area (Å²) in [6, 6.07) is 15.4. The van der Waals surface area contributed by atoms with Crippen molar-refractivity contribution in [2.24, 2.45) is 0 Å². The van der Waals surface area contributed by atoms with Crippen LogP contribution in [0.15, 0.2) is 54.7 Å². The number of nitrogens with zero attached hydrogens (tertiary/aromatic N) is 3. The lowest BCUT2D eigenvalue weighted by Crippen LogP contribution is -2.48. The zero-order valence-electron chi connectivity index (χ0n) is 15.4.